The van der Waals surface area contributed by atoms with E-state index in [4.69, 9.17) is 25.3 Å². The Labute approximate surface area is 171 Å². The Kier molecular flexibility index (Phi) is 20.0. The molecular formula is C23H48S2. The van der Waals surface area contributed by atoms with Crippen LogP contribution in [0.1, 0.15) is 129 Å². The molecule has 0 rings (SSSR count). The van der Waals surface area contributed by atoms with E-state index in [1.165, 1.54) is 116 Å². The molecule has 0 saturated heterocycles. The molecule has 0 aromatic rings. The van der Waals surface area contributed by atoms with Crippen molar-refractivity contribution in [2.75, 3.05) is 11.5 Å². The van der Waals surface area contributed by atoms with E-state index in [2.05, 4.69) is 13.8 Å². The van der Waals surface area contributed by atoms with Crippen molar-refractivity contribution < 1.29 is 0 Å². The van der Waals surface area contributed by atoms with E-state index in [0.717, 1.165) is 11.5 Å². The molecule has 0 amide bonds. The number of unbranched alkanes of at least 4 members (excludes halogenated alkanes) is 14. The number of hydrogen-bond donors (Lipinski definition) is 2. The van der Waals surface area contributed by atoms with Crippen molar-refractivity contribution in [3.8, 4) is 0 Å². The van der Waals surface area contributed by atoms with Crippen LogP contribution in [0.2, 0.25) is 0 Å². The number of thiol groups is 2. The SMILES string of the molecule is CCCCCCCCCCC(CS)(CS)CCCCCCCCCC. The van der Waals surface area contributed by atoms with Crippen LogP contribution < -0.4 is 0 Å². The molecule has 0 saturated carbocycles. The van der Waals surface area contributed by atoms with Gasteiger partial charge in [0.25, 0.3) is 0 Å². The van der Waals surface area contributed by atoms with Gasteiger partial charge in [0, 0.05) is 0 Å². The molecule has 25 heavy (non-hydrogen) atoms. The first-order chi connectivity index (χ1) is 12.2. The minimum absolute atomic E-state index is 0.399. The summed E-state index contributed by atoms with van der Waals surface area (Å²) in [5.74, 6) is 2.03. The molecule has 0 nitrogen and oxygen atoms in total. The largest absolute Gasteiger partial charge is 0.179 e. The lowest BCUT2D eigenvalue weighted by Gasteiger charge is -2.31. The van der Waals surface area contributed by atoms with Crippen LogP contribution in [0.5, 0.6) is 0 Å². The van der Waals surface area contributed by atoms with Crippen LogP contribution in [0.3, 0.4) is 0 Å². The van der Waals surface area contributed by atoms with E-state index in [-0.39, 0.29) is 0 Å². The van der Waals surface area contributed by atoms with E-state index in [0.29, 0.717) is 5.41 Å². The molecule has 152 valence electrons. The zero-order chi connectivity index (χ0) is 18.6. The van der Waals surface area contributed by atoms with Crippen molar-refractivity contribution in [2.24, 2.45) is 5.41 Å². The molecule has 0 aromatic heterocycles. The molecule has 0 atom stereocenters. The highest BCUT2D eigenvalue weighted by atomic mass is 32.1. The second kappa shape index (κ2) is 19.5. The van der Waals surface area contributed by atoms with Crippen LogP contribution in [0.15, 0.2) is 0 Å². The Morgan fingerprint density at radius 3 is 1.00 bits per heavy atom. The van der Waals surface area contributed by atoms with Gasteiger partial charge in [-0.3, -0.25) is 0 Å². The Morgan fingerprint density at radius 2 is 0.720 bits per heavy atom. The van der Waals surface area contributed by atoms with E-state index >= 15 is 0 Å². The standard InChI is InChI=1S/C23H48S2/c1-3-5-7-9-11-13-15-17-19-23(21-24,22-25)20-18-16-14-12-10-8-6-4-2/h24-25H,3-22H2,1-2H3. The van der Waals surface area contributed by atoms with Gasteiger partial charge in [-0.25, -0.2) is 0 Å². The average molecular weight is 389 g/mol. The van der Waals surface area contributed by atoms with Gasteiger partial charge in [-0.05, 0) is 29.8 Å². The van der Waals surface area contributed by atoms with Gasteiger partial charge in [-0.15, -0.1) is 0 Å². The summed E-state index contributed by atoms with van der Waals surface area (Å²) < 4.78 is 0. The maximum atomic E-state index is 4.70. The maximum absolute atomic E-state index is 4.70. The van der Waals surface area contributed by atoms with Crippen molar-refractivity contribution in [3.05, 3.63) is 0 Å². The van der Waals surface area contributed by atoms with Gasteiger partial charge in [0.1, 0.15) is 0 Å². The molecule has 0 heterocycles. The van der Waals surface area contributed by atoms with Crippen LogP contribution in [0, 0.1) is 5.41 Å². The zero-order valence-electron chi connectivity index (χ0n) is 17.5. The molecule has 0 N–H and O–H groups in total. The van der Waals surface area contributed by atoms with Crippen molar-refractivity contribution in [1.29, 1.82) is 0 Å². The van der Waals surface area contributed by atoms with Crippen LogP contribution in [-0.4, -0.2) is 11.5 Å². The van der Waals surface area contributed by atoms with Crippen molar-refractivity contribution in [1.82, 2.24) is 0 Å². The van der Waals surface area contributed by atoms with Gasteiger partial charge in [-0.1, -0.05) is 117 Å². The van der Waals surface area contributed by atoms with Crippen molar-refractivity contribution in [2.45, 2.75) is 129 Å². The lowest BCUT2D eigenvalue weighted by molar-refractivity contribution is 0.298. The first-order valence-electron chi connectivity index (χ1n) is 11.5. The highest BCUT2D eigenvalue weighted by Crippen LogP contribution is 2.34. The summed E-state index contributed by atoms with van der Waals surface area (Å²) in [5, 5.41) is 0. The molecular weight excluding hydrogens is 340 g/mol. The fourth-order valence-corrected chi connectivity index (χ4v) is 4.79. The molecule has 0 aliphatic heterocycles. The fraction of sp³-hybridized carbons (Fsp3) is 1.00. The Bertz CT molecular complexity index is 226. The maximum Gasteiger partial charge on any atom is -0.00334 e. The minimum atomic E-state index is 0.399. The van der Waals surface area contributed by atoms with Gasteiger partial charge in [0.2, 0.25) is 0 Å². The molecule has 0 aromatic carbocycles. The number of rotatable bonds is 20. The zero-order valence-corrected chi connectivity index (χ0v) is 19.3. The molecule has 0 spiro atoms. The van der Waals surface area contributed by atoms with E-state index in [1.807, 2.05) is 0 Å². The monoisotopic (exact) mass is 388 g/mol. The summed E-state index contributed by atoms with van der Waals surface area (Å²) in [6.45, 7) is 4.59. The van der Waals surface area contributed by atoms with Gasteiger partial charge in [0.05, 0.1) is 0 Å². The Morgan fingerprint density at radius 1 is 0.440 bits per heavy atom. The normalized spacial score (nSPS) is 12.0. The van der Waals surface area contributed by atoms with Gasteiger partial charge in [0.15, 0.2) is 0 Å². The van der Waals surface area contributed by atoms with E-state index in [9.17, 15) is 0 Å². The third kappa shape index (κ3) is 15.5. The smallest absolute Gasteiger partial charge is 0.00334 e. The van der Waals surface area contributed by atoms with E-state index in [1.54, 1.807) is 0 Å². The second-order valence-corrected chi connectivity index (χ2v) is 8.90. The summed E-state index contributed by atoms with van der Waals surface area (Å²) in [6.07, 6.45) is 25.3. The highest BCUT2D eigenvalue weighted by Gasteiger charge is 2.25. The van der Waals surface area contributed by atoms with Gasteiger partial charge >= 0.3 is 0 Å². The molecule has 0 aliphatic carbocycles. The summed E-state index contributed by atoms with van der Waals surface area (Å²) in [7, 11) is 0. The van der Waals surface area contributed by atoms with Crippen LogP contribution >= 0.6 is 25.3 Å². The summed E-state index contributed by atoms with van der Waals surface area (Å²) in [6, 6.07) is 0. The van der Waals surface area contributed by atoms with Crippen LogP contribution in [0.25, 0.3) is 0 Å². The summed E-state index contributed by atoms with van der Waals surface area (Å²) in [4.78, 5) is 0. The third-order valence-corrected chi connectivity index (χ3v) is 7.13. The van der Waals surface area contributed by atoms with Crippen LogP contribution in [-0.2, 0) is 0 Å². The third-order valence-electron chi connectivity index (χ3n) is 5.79. The minimum Gasteiger partial charge on any atom is -0.179 e. The average Bonchev–Trinajstić information content (AvgIpc) is 2.64. The summed E-state index contributed by atoms with van der Waals surface area (Å²) >= 11 is 9.39. The molecule has 0 fully saturated rings. The molecule has 0 radical (unpaired) electrons. The topological polar surface area (TPSA) is 0 Å². The van der Waals surface area contributed by atoms with E-state index < -0.39 is 0 Å². The van der Waals surface area contributed by atoms with Crippen LogP contribution in [0.4, 0.5) is 0 Å². The molecule has 0 aliphatic rings. The first kappa shape index (κ1) is 25.7. The van der Waals surface area contributed by atoms with Gasteiger partial charge in [-0.2, -0.15) is 25.3 Å². The lowest BCUT2D eigenvalue weighted by Crippen LogP contribution is -2.25. The molecule has 2 heteroatoms. The Balaban J connectivity index is 3.70. The Hall–Kier alpha value is 0.700. The predicted octanol–water partition coefficient (Wildman–Crippen LogP) is 8.89. The summed E-state index contributed by atoms with van der Waals surface area (Å²) in [5.41, 5.74) is 0.399. The number of hydrogen-bond acceptors (Lipinski definition) is 2. The quantitative estimate of drug-likeness (QED) is 0.151. The lowest BCUT2D eigenvalue weighted by atomic mass is 9.81. The predicted molar refractivity (Wildman–Crippen MR) is 125 cm³/mol. The molecule has 0 bridgehead atoms. The molecule has 0 unspecified atom stereocenters. The van der Waals surface area contributed by atoms with Crippen molar-refractivity contribution in [3.63, 3.8) is 0 Å². The first-order valence-corrected chi connectivity index (χ1v) is 12.7. The second-order valence-electron chi connectivity index (χ2n) is 8.27. The van der Waals surface area contributed by atoms with Gasteiger partial charge < -0.3 is 0 Å². The van der Waals surface area contributed by atoms with Crippen molar-refractivity contribution >= 4 is 25.3 Å². The highest BCUT2D eigenvalue weighted by molar-refractivity contribution is 7.81. The fourth-order valence-electron chi connectivity index (χ4n) is 3.76.